The second-order valence-corrected chi connectivity index (χ2v) is 31.8. The summed E-state index contributed by atoms with van der Waals surface area (Å²) in [5.41, 5.74) is 0. The van der Waals surface area contributed by atoms with Gasteiger partial charge in [-0.15, -0.1) is 0 Å². The second-order valence-electron chi connectivity index (χ2n) is 28.9. The Balaban J connectivity index is 5.27. The third-order valence-electron chi connectivity index (χ3n) is 19.2. The molecule has 3 N–H and O–H groups in total. The molecule has 0 fully saturated rings. The molecule has 0 spiro atoms. The van der Waals surface area contributed by atoms with Gasteiger partial charge in [-0.1, -0.05) is 363 Å². The van der Waals surface area contributed by atoms with Gasteiger partial charge in [-0.2, -0.15) is 0 Å². The van der Waals surface area contributed by atoms with E-state index in [1.54, 1.807) is 0 Å². The predicted octanol–water partition coefficient (Wildman–Crippen LogP) is 23.5. The van der Waals surface area contributed by atoms with E-state index < -0.39 is 97.5 Å². The highest BCUT2D eigenvalue weighted by Gasteiger charge is 2.30. The first-order valence-corrected chi connectivity index (χ1v) is 44.1. The average Bonchev–Trinajstić information content (AvgIpc) is 1.03. The fourth-order valence-corrected chi connectivity index (χ4v) is 13.7. The van der Waals surface area contributed by atoms with E-state index in [1.165, 1.54) is 231 Å². The van der Waals surface area contributed by atoms with Crippen LogP contribution in [0.3, 0.4) is 0 Å². The van der Waals surface area contributed by atoms with Gasteiger partial charge in [-0.05, 0) is 37.5 Å². The number of carbonyl (C=O) groups is 4. The molecule has 0 aliphatic heterocycles. The third kappa shape index (κ3) is 69.8. The molecule has 7 atom stereocenters. The highest BCUT2D eigenvalue weighted by molar-refractivity contribution is 7.47. The van der Waals surface area contributed by atoms with Crippen LogP contribution in [0.15, 0.2) is 0 Å². The summed E-state index contributed by atoms with van der Waals surface area (Å²) >= 11 is 0. The Morgan fingerprint density at radius 1 is 0.286 bits per heavy atom. The summed E-state index contributed by atoms with van der Waals surface area (Å²) < 4.78 is 68.7. The number of aliphatic hydroxyl groups excluding tert-OH is 1. The Kier molecular flexibility index (Phi) is 69.3. The van der Waals surface area contributed by atoms with Crippen LogP contribution in [0.2, 0.25) is 0 Å². The fourth-order valence-electron chi connectivity index (χ4n) is 12.1. The number of carbonyl (C=O) groups excluding carboxylic acids is 4. The van der Waals surface area contributed by atoms with Crippen LogP contribution in [0.1, 0.15) is 414 Å². The van der Waals surface area contributed by atoms with Crippen molar-refractivity contribution in [3.8, 4) is 0 Å². The predicted molar refractivity (Wildman–Crippen MR) is 400 cm³/mol. The van der Waals surface area contributed by atoms with Gasteiger partial charge in [-0.25, -0.2) is 9.13 Å². The Hall–Kier alpha value is -1.94. The van der Waals surface area contributed by atoms with Crippen molar-refractivity contribution in [2.75, 3.05) is 39.6 Å². The van der Waals surface area contributed by atoms with E-state index in [0.29, 0.717) is 25.7 Å². The smallest absolute Gasteiger partial charge is 0.462 e. The van der Waals surface area contributed by atoms with Crippen LogP contribution in [-0.2, 0) is 65.4 Å². The minimum Gasteiger partial charge on any atom is -0.462 e. The molecule has 0 saturated carbocycles. The highest BCUT2D eigenvalue weighted by Crippen LogP contribution is 2.45. The first kappa shape index (κ1) is 96.1. The van der Waals surface area contributed by atoms with Gasteiger partial charge in [0.25, 0.3) is 0 Å². The molecule has 4 unspecified atom stereocenters. The maximum atomic E-state index is 13.1. The van der Waals surface area contributed by atoms with Gasteiger partial charge >= 0.3 is 39.5 Å². The van der Waals surface area contributed by atoms with Gasteiger partial charge in [0.1, 0.15) is 19.3 Å². The summed E-state index contributed by atoms with van der Waals surface area (Å²) in [7, 11) is -9.92. The summed E-state index contributed by atoms with van der Waals surface area (Å²) in [5, 5.41) is 10.6. The molecule has 0 heterocycles. The fraction of sp³-hybridized carbons (Fsp3) is 0.949. The monoisotopic (exact) mass is 1440 g/mol. The van der Waals surface area contributed by atoms with Crippen molar-refractivity contribution in [1.82, 2.24) is 0 Å². The topological polar surface area (TPSA) is 237 Å². The molecule has 0 saturated heterocycles. The summed E-state index contributed by atoms with van der Waals surface area (Å²) in [6, 6.07) is 0. The van der Waals surface area contributed by atoms with Gasteiger partial charge in [0.05, 0.1) is 26.4 Å². The lowest BCUT2D eigenvalue weighted by molar-refractivity contribution is -0.161. The van der Waals surface area contributed by atoms with Crippen molar-refractivity contribution >= 4 is 39.5 Å². The Labute approximate surface area is 600 Å². The standard InChI is InChI=1S/C79H154O17P2/c1-7-11-13-15-17-19-21-23-27-31-39-45-51-57-63-78(83)95-74(67-89-76(81)61-55-49-43-37-30-22-20-18-16-14-12-8-2)69-93-97(85,86)91-65-73(80)66-92-98(87,88)94-70-75(68-90-77(82)62-56-50-44-38-34-33-36-42-48-54-60-72(6)10-4)96-79(84)64-58-52-46-40-32-28-25-24-26-29-35-41-47-53-59-71(5)9-3/h71-75,80H,7-70H2,1-6H3,(H,85,86)(H,87,88)/t71?,72?,73-,74+,75+/m0/s1. The van der Waals surface area contributed by atoms with E-state index in [2.05, 4.69) is 41.5 Å². The maximum absolute atomic E-state index is 13.1. The molecule has 98 heavy (non-hydrogen) atoms. The Bertz CT molecular complexity index is 1890. The van der Waals surface area contributed by atoms with Crippen molar-refractivity contribution in [2.24, 2.45) is 11.8 Å². The zero-order chi connectivity index (χ0) is 72.1. The van der Waals surface area contributed by atoms with Gasteiger partial charge in [0.15, 0.2) is 12.2 Å². The van der Waals surface area contributed by atoms with Gasteiger partial charge in [0.2, 0.25) is 0 Å². The molecule has 0 rings (SSSR count). The molecule has 19 heteroatoms. The number of phosphoric acid groups is 2. The SMILES string of the molecule is CCCCCCCCCCCCCCCCC(=O)O[C@H](COC(=O)CCCCCCCCCCCCCC)COP(=O)(O)OC[C@H](O)COP(=O)(O)OC[C@@H](COC(=O)CCCCCCCCCCCCC(C)CC)OC(=O)CCCCCCCCCCCCCCCCC(C)CC. The van der Waals surface area contributed by atoms with E-state index in [-0.39, 0.29) is 25.7 Å². The Morgan fingerprint density at radius 2 is 0.490 bits per heavy atom. The van der Waals surface area contributed by atoms with E-state index in [0.717, 1.165) is 102 Å². The normalized spacial score (nSPS) is 14.5. The van der Waals surface area contributed by atoms with E-state index >= 15 is 0 Å². The summed E-state index contributed by atoms with van der Waals surface area (Å²) in [4.78, 5) is 73.0. The molecular weight excluding hydrogens is 1280 g/mol. The molecule has 0 aromatic rings. The van der Waals surface area contributed by atoms with Crippen LogP contribution in [0.25, 0.3) is 0 Å². The number of phosphoric ester groups is 2. The lowest BCUT2D eigenvalue weighted by atomic mass is 9.99. The molecule has 0 amide bonds. The molecule has 17 nitrogen and oxygen atoms in total. The lowest BCUT2D eigenvalue weighted by Crippen LogP contribution is -2.30. The number of ether oxygens (including phenoxy) is 4. The van der Waals surface area contributed by atoms with E-state index in [9.17, 15) is 43.2 Å². The van der Waals surface area contributed by atoms with Crippen LogP contribution >= 0.6 is 15.6 Å². The van der Waals surface area contributed by atoms with Crippen molar-refractivity contribution in [3.63, 3.8) is 0 Å². The molecule has 0 bridgehead atoms. The molecule has 0 aliphatic carbocycles. The number of esters is 4. The van der Waals surface area contributed by atoms with Crippen molar-refractivity contribution in [1.29, 1.82) is 0 Å². The van der Waals surface area contributed by atoms with Gasteiger partial charge in [0, 0.05) is 25.7 Å². The highest BCUT2D eigenvalue weighted by atomic mass is 31.2. The maximum Gasteiger partial charge on any atom is 0.472 e. The second kappa shape index (κ2) is 70.7. The van der Waals surface area contributed by atoms with Crippen LogP contribution in [0, 0.1) is 11.8 Å². The molecule has 582 valence electrons. The van der Waals surface area contributed by atoms with Gasteiger partial charge < -0.3 is 33.8 Å². The first-order valence-electron chi connectivity index (χ1n) is 41.1. The zero-order valence-corrected chi connectivity index (χ0v) is 65.9. The van der Waals surface area contributed by atoms with E-state index in [4.69, 9.17) is 37.0 Å². The number of rotatable bonds is 78. The molecule has 0 aliphatic rings. The van der Waals surface area contributed by atoms with Crippen molar-refractivity contribution in [2.45, 2.75) is 432 Å². The minimum atomic E-state index is -4.96. The van der Waals surface area contributed by atoms with Crippen LogP contribution in [-0.4, -0.2) is 96.7 Å². The summed E-state index contributed by atoms with van der Waals surface area (Å²) in [6.07, 6.45) is 59.3. The van der Waals surface area contributed by atoms with Crippen LogP contribution in [0.4, 0.5) is 0 Å². The number of aliphatic hydroxyl groups is 1. The number of hydrogen-bond acceptors (Lipinski definition) is 15. The first-order chi connectivity index (χ1) is 47.4. The average molecular weight is 1440 g/mol. The quantitative estimate of drug-likeness (QED) is 0.0222. The molecule has 0 aromatic heterocycles. The Morgan fingerprint density at radius 3 is 0.724 bits per heavy atom. The summed E-state index contributed by atoms with van der Waals surface area (Å²) in [6.45, 7) is 9.71. The van der Waals surface area contributed by atoms with E-state index in [1.807, 2.05) is 0 Å². The van der Waals surface area contributed by atoms with Crippen LogP contribution in [0.5, 0.6) is 0 Å². The molecular formula is C79H154O17P2. The zero-order valence-electron chi connectivity index (χ0n) is 64.1. The minimum absolute atomic E-state index is 0.108. The van der Waals surface area contributed by atoms with Crippen molar-refractivity contribution in [3.05, 3.63) is 0 Å². The third-order valence-corrected chi connectivity index (χ3v) is 21.1. The largest absolute Gasteiger partial charge is 0.472 e. The van der Waals surface area contributed by atoms with Crippen molar-refractivity contribution < 1.29 is 80.2 Å². The van der Waals surface area contributed by atoms with Gasteiger partial charge in [-0.3, -0.25) is 37.3 Å². The lowest BCUT2D eigenvalue weighted by Gasteiger charge is -2.21. The molecule has 0 aromatic carbocycles. The molecule has 0 radical (unpaired) electrons. The van der Waals surface area contributed by atoms with Crippen LogP contribution < -0.4 is 0 Å². The number of unbranched alkanes of at least 4 members (excludes halogenated alkanes) is 46. The summed E-state index contributed by atoms with van der Waals surface area (Å²) in [5.74, 6) is -0.453. The number of hydrogen-bond donors (Lipinski definition) is 3.